The molecule has 1 aliphatic carbocycles. The van der Waals surface area contributed by atoms with Gasteiger partial charge in [-0.25, -0.2) is 5.84 Å². The van der Waals surface area contributed by atoms with Gasteiger partial charge in [-0.3, -0.25) is 10.2 Å². The fourth-order valence-corrected chi connectivity index (χ4v) is 3.59. The van der Waals surface area contributed by atoms with Gasteiger partial charge >= 0.3 is 0 Å². The van der Waals surface area contributed by atoms with Crippen molar-refractivity contribution in [3.63, 3.8) is 0 Å². The van der Waals surface area contributed by atoms with E-state index in [0.29, 0.717) is 5.92 Å². The molecule has 1 saturated heterocycles. The van der Waals surface area contributed by atoms with E-state index in [0.717, 1.165) is 25.9 Å². The maximum atomic E-state index is 12.1. The van der Waals surface area contributed by atoms with Gasteiger partial charge in [0.1, 0.15) is 0 Å². The predicted molar refractivity (Wildman–Crippen MR) is 63.5 cm³/mol. The standard InChI is InChI=1S/C12H23N3O/c1-15-8-4-5-10(9-15)12(11(16)14-13)6-2-3-7-12/h10H,2-9,13H2,1H3,(H,14,16). The van der Waals surface area contributed by atoms with Crippen molar-refractivity contribution in [3.8, 4) is 0 Å². The van der Waals surface area contributed by atoms with Crippen molar-refractivity contribution >= 4 is 5.91 Å². The van der Waals surface area contributed by atoms with Crippen molar-refractivity contribution in [1.29, 1.82) is 0 Å². The number of rotatable bonds is 2. The van der Waals surface area contributed by atoms with Gasteiger partial charge in [0.05, 0.1) is 5.41 Å². The average molecular weight is 225 g/mol. The lowest BCUT2D eigenvalue weighted by atomic mass is 9.70. The molecule has 1 heterocycles. The molecule has 3 N–H and O–H groups in total. The summed E-state index contributed by atoms with van der Waals surface area (Å²) in [4.78, 5) is 14.4. The zero-order chi connectivity index (χ0) is 11.6. The summed E-state index contributed by atoms with van der Waals surface area (Å²) in [6.45, 7) is 2.21. The minimum atomic E-state index is -0.163. The molecule has 1 atom stereocenters. The number of carbonyl (C=O) groups excluding carboxylic acids is 1. The molecule has 0 radical (unpaired) electrons. The van der Waals surface area contributed by atoms with Gasteiger partial charge in [-0.1, -0.05) is 12.8 Å². The molecular formula is C12H23N3O. The van der Waals surface area contributed by atoms with E-state index in [9.17, 15) is 4.79 Å². The molecule has 4 heteroatoms. The van der Waals surface area contributed by atoms with Gasteiger partial charge in [0.15, 0.2) is 0 Å². The SMILES string of the molecule is CN1CCCC(C2(C(=O)NN)CCCC2)C1. The third kappa shape index (κ3) is 1.96. The number of piperidine rings is 1. The van der Waals surface area contributed by atoms with Crippen molar-refractivity contribution in [2.45, 2.75) is 38.5 Å². The number of hydrogen-bond acceptors (Lipinski definition) is 3. The van der Waals surface area contributed by atoms with Crippen molar-refractivity contribution in [2.75, 3.05) is 20.1 Å². The highest BCUT2D eigenvalue weighted by Gasteiger charge is 2.47. The second-order valence-electron chi connectivity index (χ2n) is 5.44. The van der Waals surface area contributed by atoms with Crippen LogP contribution < -0.4 is 11.3 Å². The number of nitrogens with zero attached hydrogens (tertiary/aromatic N) is 1. The first kappa shape index (κ1) is 11.9. The summed E-state index contributed by atoms with van der Waals surface area (Å²) >= 11 is 0. The molecule has 2 rings (SSSR count). The highest BCUT2D eigenvalue weighted by molar-refractivity contribution is 5.82. The molecule has 0 bridgehead atoms. The Morgan fingerprint density at radius 3 is 2.62 bits per heavy atom. The molecule has 2 fully saturated rings. The molecule has 0 aromatic carbocycles. The maximum absolute atomic E-state index is 12.1. The van der Waals surface area contributed by atoms with Crippen LogP contribution >= 0.6 is 0 Å². The fourth-order valence-electron chi connectivity index (χ4n) is 3.59. The monoisotopic (exact) mass is 225 g/mol. The van der Waals surface area contributed by atoms with Gasteiger partial charge in [0.25, 0.3) is 0 Å². The smallest absolute Gasteiger partial charge is 0.240 e. The lowest BCUT2D eigenvalue weighted by Gasteiger charge is -2.41. The van der Waals surface area contributed by atoms with Crippen LogP contribution in [0.4, 0.5) is 0 Å². The summed E-state index contributed by atoms with van der Waals surface area (Å²) in [7, 11) is 2.15. The molecule has 0 spiro atoms. The third-order valence-electron chi connectivity index (χ3n) is 4.49. The Bertz CT molecular complexity index is 261. The van der Waals surface area contributed by atoms with Crippen molar-refractivity contribution in [2.24, 2.45) is 17.2 Å². The van der Waals surface area contributed by atoms with E-state index < -0.39 is 0 Å². The normalized spacial score (nSPS) is 30.2. The van der Waals surface area contributed by atoms with Crippen molar-refractivity contribution in [3.05, 3.63) is 0 Å². The van der Waals surface area contributed by atoms with Crippen LogP contribution in [0.1, 0.15) is 38.5 Å². The van der Waals surface area contributed by atoms with Crippen LogP contribution in [0.5, 0.6) is 0 Å². The molecule has 16 heavy (non-hydrogen) atoms. The summed E-state index contributed by atoms with van der Waals surface area (Å²) in [5, 5.41) is 0. The summed E-state index contributed by atoms with van der Waals surface area (Å²) in [6.07, 6.45) is 6.78. The molecule has 4 nitrogen and oxygen atoms in total. The van der Waals surface area contributed by atoms with Crippen molar-refractivity contribution in [1.82, 2.24) is 10.3 Å². The number of amides is 1. The summed E-state index contributed by atoms with van der Waals surface area (Å²) in [5.74, 6) is 5.94. The van der Waals surface area contributed by atoms with Gasteiger partial charge in [-0.05, 0) is 45.2 Å². The van der Waals surface area contributed by atoms with E-state index in [2.05, 4.69) is 17.4 Å². The molecule has 1 aliphatic heterocycles. The van der Waals surface area contributed by atoms with Gasteiger partial charge in [-0.2, -0.15) is 0 Å². The predicted octanol–water partition coefficient (Wildman–Crippen LogP) is 0.878. The Hall–Kier alpha value is -0.610. The minimum absolute atomic E-state index is 0.0744. The number of carbonyl (C=O) groups is 1. The highest BCUT2D eigenvalue weighted by Crippen LogP contribution is 2.47. The first-order valence-electron chi connectivity index (χ1n) is 6.38. The van der Waals surface area contributed by atoms with E-state index in [1.165, 1.54) is 25.7 Å². The van der Waals surface area contributed by atoms with Gasteiger partial charge < -0.3 is 4.90 Å². The first-order valence-corrected chi connectivity index (χ1v) is 6.38. The lowest BCUT2D eigenvalue weighted by molar-refractivity contribution is -0.135. The van der Waals surface area contributed by atoms with Gasteiger partial charge in [0.2, 0.25) is 5.91 Å². The van der Waals surface area contributed by atoms with Crippen LogP contribution in [0.25, 0.3) is 0 Å². The molecule has 0 aromatic rings. The Labute approximate surface area is 97.5 Å². The van der Waals surface area contributed by atoms with E-state index in [-0.39, 0.29) is 11.3 Å². The molecule has 1 amide bonds. The van der Waals surface area contributed by atoms with E-state index in [1.807, 2.05) is 0 Å². The average Bonchev–Trinajstić information content (AvgIpc) is 2.78. The first-order chi connectivity index (χ1) is 7.69. The minimum Gasteiger partial charge on any atom is -0.306 e. The molecule has 1 saturated carbocycles. The quantitative estimate of drug-likeness (QED) is 0.417. The van der Waals surface area contributed by atoms with Crippen LogP contribution in [0.2, 0.25) is 0 Å². The van der Waals surface area contributed by atoms with Gasteiger partial charge in [-0.15, -0.1) is 0 Å². The van der Waals surface area contributed by atoms with Crippen LogP contribution in [0.3, 0.4) is 0 Å². The second kappa shape index (κ2) is 4.72. The van der Waals surface area contributed by atoms with Crippen LogP contribution in [0, 0.1) is 11.3 Å². The third-order valence-corrected chi connectivity index (χ3v) is 4.49. The number of nitrogens with one attached hydrogen (secondary N) is 1. The number of hydrogen-bond donors (Lipinski definition) is 2. The molecule has 2 aliphatic rings. The topological polar surface area (TPSA) is 58.4 Å². The second-order valence-corrected chi connectivity index (χ2v) is 5.44. The van der Waals surface area contributed by atoms with Crippen LogP contribution in [-0.2, 0) is 4.79 Å². The summed E-state index contributed by atoms with van der Waals surface area (Å²) in [6, 6.07) is 0. The van der Waals surface area contributed by atoms with Crippen LogP contribution in [-0.4, -0.2) is 30.9 Å². The van der Waals surface area contributed by atoms with E-state index in [4.69, 9.17) is 5.84 Å². The Kier molecular flexibility index (Phi) is 3.50. The van der Waals surface area contributed by atoms with Crippen molar-refractivity contribution < 1.29 is 4.79 Å². The molecular weight excluding hydrogens is 202 g/mol. The fraction of sp³-hybridized carbons (Fsp3) is 0.917. The number of nitrogens with two attached hydrogens (primary N) is 1. The Morgan fingerprint density at radius 2 is 2.06 bits per heavy atom. The summed E-state index contributed by atoms with van der Waals surface area (Å²) in [5.41, 5.74) is 2.24. The summed E-state index contributed by atoms with van der Waals surface area (Å²) < 4.78 is 0. The van der Waals surface area contributed by atoms with Crippen LogP contribution in [0.15, 0.2) is 0 Å². The maximum Gasteiger partial charge on any atom is 0.240 e. The Balaban J connectivity index is 2.15. The molecule has 1 unspecified atom stereocenters. The number of hydrazine groups is 1. The molecule has 0 aromatic heterocycles. The zero-order valence-electron chi connectivity index (χ0n) is 10.2. The zero-order valence-corrected chi connectivity index (χ0v) is 10.2. The molecule has 92 valence electrons. The Morgan fingerprint density at radius 1 is 1.38 bits per heavy atom. The van der Waals surface area contributed by atoms with E-state index in [1.54, 1.807) is 0 Å². The number of likely N-dealkylation sites (tertiary alicyclic amines) is 1. The van der Waals surface area contributed by atoms with Gasteiger partial charge in [0, 0.05) is 6.54 Å². The highest BCUT2D eigenvalue weighted by atomic mass is 16.2. The largest absolute Gasteiger partial charge is 0.306 e. The lowest BCUT2D eigenvalue weighted by Crippen LogP contribution is -2.51. The van der Waals surface area contributed by atoms with E-state index >= 15 is 0 Å².